The van der Waals surface area contributed by atoms with E-state index in [2.05, 4.69) is 43.2 Å². The Morgan fingerprint density at radius 1 is 0.889 bits per heavy atom. The van der Waals surface area contributed by atoms with E-state index < -0.39 is 35.6 Å². The predicted molar refractivity (Wildman–Crippen MR) is 78.9 cm³/mol. The second-order valence-electron chi connectivity index (χ2n) is 3.63. The normalized spacial score (nSPS) is 15.5. The van der Waals surface area contributed by atoms with Gasteiger partial charge in [0.2, 0.25) is 17.7 Å². The zero-order chi connectivity index (χ0) is 14.3. The third-order valence-electron chi connectivity index (χ3n) is 2.42. The second kappa shape index (κ2) is 8.54. The molecule has 0 aromatic heterocycles. The largest absolute Gasteiger partial charge is 0.369 e. The third kappa shape index (κ3) is 4.99. The van der Waals surface area contributed by atoms with E-state index in [1.807, 2.05) is 0 Å². The van der Waals surface area contributed by atoms with E-state index in [4.69, 9.17) is 11.5 Å². The van der Waals surface area contributed by atoms with E-state index >= 15 is 0 Å². The summed E-state index contributed by atoms with van der Waals surface area (Å²) in [6.45, 7) is 0. The van der Waals surface area contributed by atoms with Gasteiger partial charge in [-0.05, 0) is 0 Å². The molecule has 6 nitrogen and oxygen atoms in total. The molecule has 104 valence electrons. The molecule has 0 aromatic carbocycles. The standard InChI is InChI=1S/C9H17N3O3S3/c10-7(13)4(1-16)5(2-17)9(15)12-6(3-18)8(11)14/h4-6,16-18H,1-3H2,(H2,10,13)(H2,11,14)(H,12,15)/t4?,5-,6-/m0/s1. The van der Waals surface area contributed by atoms with Crippen molar-refractivity contribution in [3.8, 4) is 0 Å². The summed E-state index contributed by atoms with van der Waals surface area (Å²) in [4.78, 5) is 34.1. The van der Waals surface area contributed by atoms with Crippen molar-refractivity contribution in [2.24, 2.45) is 23.3 Å². The highest BCUT2D eigenvalue weighted by atomic mass is 32.1. The van der Waals surface area contributed by atoms with Crippen LogP contribution in [0, 0.1) is 11.8 Å². The van der Waals surface area contributed by atoms with Crippen LogP contribution < -0.4 is 16.8 Å². The molecule has 0 spiro atoms. The molecule has 0 rings (SSSR count). The molecule has 0 bridgehead atoms. The average molecular weight is 311 g/mol. The Bertz CT molecular complexity index is 327. The van der Waals surface area contributed by atoms with E-state index in [1.54, 1.807) is 0 Å². The van der Waals surface area contributed by atoms with Crippen LogP contribution in [0.1, 0.15) is 0 Å². The Hall–Kier alpha value is -0.540. The molecule has 9 heteroatoms. The van der Waals surface area contributed by atoms with Gasteiger partial charge in [-0.25, -0.2) is 0 Å². The molecule has 3 atom stereocenters. The fourth-order valence-corrected chi connectivity index (χ4v) is 2.42. The molecule has 18 heavy (non-hydrogen) atoms. The van der Waals surface area contributed by atoms with Crippen LogP contribution in [-0.4, -0.2) is 41.0 Å². The van der Waals surface area contributed by atoms with E-state index in [9.17, 15) is 14.4 Å². The third-order valence-corrected chi connectivity index (χ3v) is 3.58. The molecule has 3 amide bonds. The molecule has 0 saturated carbocycles. The first kappa shape index (κ1) is 17.5. The maximum Gasteiger partial charge on any atom is 0.240 e. The average Bonchev–Trinajstić information content (AvgIpc) is 2.31. The molecule has 1 unspecified atom stereocenters. The van der Waals surface area contributed by atoms with Crippen LogP contribution >= 0.6 is 37.9 Å². The topological polar surface area (TPSA) is 115 Å². The molecule has 0 aromatic rings. The summed E-state index contributed by atoms with van der Waals surface area (Å²) in [6.07, 6.45) is 0. The fraction of sp³-hybridized carbons (Fsp3) is 0.667. The maximum atomic E-state index is 11.9. The van der Waals surface area contributed by atoms with Gasteiger partial charge in [0.1, 0.15) is 6.04 Å². The van der Waals surface area contributed by atoms with E-state index in [0.29, 0.717) is 0 Å². The number of amides is 3. The summed E-state index contributed by atoms with van der Waals surface area (Å²) >= 11 is 11.9. The van der Waals surface area contributed by atoms with Crippen molar-refractivity contribution < 1.29 is 14.4 Å². The number of carbonyl (C=O) groups is 3. The van der Waals surface area contributed by atoms with Gasteiger partial charge in [-0.3, -0.25) is 14.4 Å². The molecule has 0 heterocycles. The number of carbonyl (C=O) groups excluding carboxylic acids is 3. The molecule has 0 aliphatic heterocycles. The van der Waals surface area contributed by atoms with Crippen LogP contribution in [-0.2, 0) is 14.4 Å². The highest BCUT2D eigenvalue weighted by Gasteiger charge is 2.32. The quantitative estimate of drug-likeness (QED) is 0.305. The Morgan fingerprint density at radius 3 is 1.67 bits per heavy atom. The predicted octanol–water partition coefficient (Wildman–Crippen LogP) is -1.54. The van der Waals surface area contributed by atoms with Gasteiger partial charge in [0, 0.05) is 17.3 Å². The molecule has 0 saturated heterocycles. The highest BCUT2D eigenvalue weighted by molar-refractivity contribution is 7.80. The minimum atomic E-state index is -0.892. The van der Waals surface area contributed by atoms with Crippen LogP contribution in [0.15, 0.2) is 0 Å². The number of hydrogen-bond acceptors (Lipinski definition) is 6. The van der Waals surface area contributed by atoms with Crippen LogP contribution in [0.4, 0.5) is 0 Å². The van der Waals surface area contributed by atoms with Crippen molar-refractivity contribution in [2.45, 2.75) is 6.04 Å². The van der Waals surface area contributed by atoms with E-state index in [-0.39, 0.29) is 17.3 Å². The van der Waals surface area contributed by atoms with Crippen LogP contribution in [0.25, 0.3) is 0 Å². The van der Waals surface area contributed by atoms with Crippen LogP contribution in [0.5, 0.6) is 0 Å². The molecule has 0 fully saturated rings. The van der Waals surface area contributed by atoms with Crippen molar-refractivity contribution in [3.05, 3.63) is 0 Å². The molecule has 0 aliphatic rings. The van der Waals surface area contributed by atoms with E-state index in [1.165, 1.54) is 0 Å². The van der Waals surface area contributed by atoms with Gasteiger partial charge in [-0.15, -0.1) is 0 Å². The number of nitrogens with two attached hydrogens (primary N) is 2. The Kier molecular flexibility index (Phi) is 8.29. The Morgan fingerprint density at radius 2 is 1.39 bits per heavy atom. The number of rotatable bonds is 8. The van der Waals surface area contributed by atoms with Crippen molar-refractivity contribution in [3.63, 3.8) is 0 Å². The van der Waals surface area contributed by atoms with Gasteiger partial charge < -0.3 is 16.8 Å². The Labute approximate surface area is 122 Å². The van der Waals surface area contributed by atoms with Gasteiger partial charge in [-0.1, -0.05) is 0 Å². The molecule has 0 aliphatic carbocycles. The van der Waals surface area contributed by atoms with Crippen molar-refractivity contribution in [1.29, 1.82) is 0 Å². The smallest absolute Gasteiger partial charge is 0.240 e. The van der Waals surface area contributed by atoms with Gasteiger partial charge in [-0.2, -0.15) is 37.9 Å². The zero-order valence-corrected chi connectivity index (χ0v) is 12.3. The lowest BCUT2D eigenvalue weighted by Crippen LogP contribution is -2.50. The summed E-state index contributed by atoms with van der Waals surface area (Å²) in [7, 11) is 0. The van der Waals surface area contributed by atoms with Crippen LogP contribution in [0.2, 0.25) is 0 Å². The summed E-state index contributed by atoms with van der Waals surface area (Å²) < 4.78 is 0. The number of nitrogens with one attached hydrogen (secondary N) is 1. The number of hydrogen-bond donors (Lipinski definition) is 6. The molecular weight excluding hydrogens is 294 g/mol. The van der Waals surface area contributed by atoms with Crippen molar-refractivity contribution in [2.75, 3.05) is 17.3 Å². The first-order chi connectivity index (χ1) is 8.38. The minimum absolute atomic E-state index is 0.0719. The first-order valence-electron chi connectivity index (χ1n) is 5.10. The van der Waals surface area contributed by atoms with Crippen molar-refractivity contribution in [1.82, 2.24) is 5.32 Å². The van der Waals surface area contributed by atoms with Gasteiger partial charge in [0.15, 0.2) is 0 Å². The Balaban J connectivity index is 4.80. The second-order valence-corrected chi connectivity index (χ2v) is 4.72. The fourth-order valence-electron chi connectivity index (χ4n) is 1.29. The monoisotopic (exact) mass is 311 g/mol. The lowest BCUT2D eigenvalue weighted by Gasteiger charge is -2.23. The van der Waals surface area contributed by atoms with Crippen LogP contribution in [0.3, 0.4) is 0 Å². The summed E-state index contributed by atoms with van der Waals surface area (Å²) in [5, 5.41) is 2.41. The summed E-state index contributed by atoms with van der Waals surface area (Å²) in [5.74, 6) is -3.06. The maximum absolute atomic E-state index is 11.9. The SMILES string of the molecule is NC(=O)C(CS)[C@H](CS)C(=O)N[C@@H](CS)C(N)=O. The molecule has 5 N–H and O–H groups in total. The summed E-state index contributed by atoms with van der Waals surface area (Å²) in [6, 6.07) is -0.892. The molecular formula is C9H17N3O3S3. The summed E-state index contributed by atoms with van der Waals surface area (Å²) in [5.41, 5.74) is 10.3. The number of thiol groups is 3. The van der Waals surface area contributed by atoms with Gasteiger partial charge in [0.25, 0.3) is 0 Å². The lowest BCUT2D eigenvalue weighted by atomic mass is 9.93. The minimum Gasteiger partial charge on any atom is -0.369 e. The van der Waals surface area contributed by atoms with E-state index in [0.717, 1.165) is 0 Å². The number of primary amides is 2. The van der Waals surface area contributed by atoms with Gasteiger partial charge in [0.05, 0.1) is 11.8 Å². The van der Waals surface area contributed by atoms with Gasteiger partial charge >= 0.3 is 0 Å². The lowest BCUT2D eigenvalue weighted by molar-refractivity contribution is -0.133. The zero-order valence-electron chi connectivity index (χ0n) is 9.57. The highest BCUT2D eigenvalue weighted by Crippen LogP contribution is 2.16. The molecule has 0 radical (unpaired) electrons. The first-order valence-corrected chi connectivity index (χ1v) is 7.00. The van der Waals surface area contributed by atoms with Crippen molar-refractivity contribution >= 4 is 55.6 Å².